The van der Waals surface area contributed by atoms with E-state index in [1.165, 1.54) is 0 Å². The Bertz CT molecular complexity index is 695. The van der Waals surface area contributed by atoms with Crippen LogP contribution in [0.1, 0.15) is 23.2 Å². The number of ether oxygens (including phenoxy) is 2. The highest BCUT2D eigenvalue weighted by Crippen LogP contribution is 2.33. The lowest BCUT2D eigenvalue weighted by atomic mass is 10.1. The van der Waals surface area contributed by atoms with E-state index in [1.54, 1.807) is 30.7 Å². The number of fused-ring (bicyclic) bond motifs is 1. The molecule has 0 aromatic carbocycles. The van der Waals surface area contributed by atoms with Gasteiger partial charge < -0.3 is 14.4 Å². The van der Waals surface area contributed by atoms with Crippen LogP contribution in [0.3, 0.4) is 0 Å². The van der Waals surface area contributed by atoms with E-state index in [4.69, 9.17) is 9.47 Å². The Balaban J connectivity index is 1.49. The maximum absolute atomic E-state index is 12.8. The predicted octanol–water partition coefficient (Wildman–Crippen LogP) is 1.93. The number of hydrogen-bond donors (Lipinski definition) is 0. The molecule has 3 atom stereocenters. The van der Waals surface area contributed by atoms with E-state index in [9.17, 15) is 4.79 Å². The van der Waals surface area contributed by atoms with Crippen LogP contribution in [-0.4, -0.2) is 52.2 Å². The van der Waals surface area contributed by atoms with Crippen molar-refractivity contribution in [2.24, 2.45) is 0 Å². The van der Waals surface area contributed by atoms with Crippen molar-refractivity contribution in [3.05, 3.63) is 54.5 Å². The van der Waals surface area contributed by atoms with Crippen molar-refractivity contribution in [2.75, 3.05) is 13.2 Å². The standard InChI is InChI=1S/C18H19N3O3/c22-18(13-4-3-8-19-12-13)21-10-11-23-17-14(21)6-7-15(17)24-16-5-1-2-9-20-16/h1-5,8-9,12,14-15,17H,6-7,10-11H2/t14-,15+,17+/m0/s1. The van der Waals surface area contributed by atoms with Gasteiger partial charge in [0.15, 0.2) is 0 Å². The van der Waals surface area contributed by atoms with Crippen molar-refractivity contribution in [3.63, 3.8) is 0 Å². The maximum Gasteiger partial charge on any atom is 0.255 e. The summed E-state index contributed by atoms with van der Waals surface area (Å²) < 4.78 is 11.9. The number of morpholine rings is 1. The molecule has 24 heavy (non-hydrogen) atoms. The lowest BCUT2D eigenvalue weighted by Gasteiger charge is -2.38. The molecule has 1 saturated carbocycles. The number of hydrogen-bond acceptors (Lipinski definition) is 5. The van der Waals surface area contributed by atoms with Gasteiger partial charge >= 0.3 is 0 Å². The molecule has 6 heteroatoms. The molecule has 6 nitrogen and oxygen atoms in total. The van der Waals surface area contributed by atoms with Gasteiger partial charge in [0, 0.05) is 31.2 Å². The highest BCUT2D eigenvalue weighted by atomic mass is 16.5. The summed E-state index contributed by atoms with van der Waals surface area (Å²) in [6.07, 6.45) is 6.53. The van der Waals surface area contributed by atoms with Crippen molar-refractivity contribution in [3.8, 4) is 5.88 Å². The van der Waals surface area contributed by atoms with Crippen molar-refractivity contribution in [1.29, 1.82) is 0 Å². The summed E-state index contributed by atoms with van der Waals surface area (Å²) >= 11 is 0. The Morgan fingerprint density at radius 1 is 1.21 bits per heavy atom. The molecule has 2 aromatic rings. The molecule has 1 amide bonds. The first-order chi connectivity index (χ1) is 11.8. The van der Waals surface area contributed by atoms with E-state index in [2.05, 4.69) is 9.97 Å². The van der Waals surface area contributed by atoms with E-state index in [1.807, 2.05) is 23.1 Å². The third kappa shape index (κ3) is 2.85. The normalized spacial score (nSPS) is 26.0. The Kier molecular flexibility index (Phi) is 4.13. The topological polar surface area (TPSA) is 64.6 Å². The fraction of sp³-hybridized carbons (Fsp3) is 0.389. The summed E-state index contributed by atoms with van der Waals surface area (Å²) in [5.74, 6) is 0.613. The van der Waals surface area contributed by atoms with Crippen LogP contribution in [-0.2, 0) is 4.74 Å². The summed E-state index contributed by atoms with van der Waals surface area (Å²) in [6.45, 7) is 1.13. The fourth-order valence-electron chi connectivity index (χ4n) is 3.52. The quantitative estimate of drug-likeness (QED) is 0.863. The molecule has 2 aliphatic rings. The Labute approximate surface area is 140 Å². The van der Waals surface area contributed by atoms with Gasteiger partial charge in [0.1, 0.15) is 12.2 Å². The Morgan fingerprint density at radius 2 is 2.17 bits per heavy atom. The van der Waals surface area contributed by atoms with Gasteiger partial charge in [-0.1, -0.05) is 6.07 Å². The van der Waals surface area contributed by atoms with Gasteiger partial charge in [-0.3, -0.25) is 9.78 Å². The smallest absolute Gasteiger partial charge is 0.255 e. The number of rotatable bonds is 3. The summed E-state index contributed by atoms with van der Waals surface area (Å²) in [7, 11) is 0. The van der Waals surface area contributed by atoms with Gasteiger partial charge in [0.2, 0.25) is 5.88 Å². The number of amides is 1. The molecule has 0 N–H and O–H groups in total. The van der Waals surface area contributed by atoms with Crippen LogP contribution in [0, 0.1) is 0 Å². The van der Waals surface area contributed by atoms with Gasteiger partial charge in [0.05, 0.1) is 18.2 Å². The fourth-order valence-corrected chi connectivity index (χ4v) is 3.52. The number of pyridine rings is 2. The zero-order valence-corrected chi connectivity index (χ0v) is 13.2. The number of aromatic nitrogens is 2. The zero-order valence-electron chi connectivity index (χ0n) is 13.2. The summed E-state index contributed by atoms with van der Waals surface area (Å²) in [6, 6.07) is 9.22. The highest BCUT2D eigenvalue weighted by molar-refractivity contribution is 5.94. The van der Waals surface area contributed by atoms with Crippen LogP contribution in [0.15, 0.2) is 48.9 Å². The predicted molar refractivity (Wildman–Crippen MR) is 86.7 cm³/mol. The van der Waals surface area contributed by atoms with Crippen molar-refractivity contribution in [2.45, 2.75) is 31.1 Å². The van der Waals surface area contributed by atoms with E-state index >= 15 is 0 Å². The van der Waals surface area contributed by atoms with E-state index in [0.29, 0.717) is 24.6 Å². The van der Waals surface area contributed by atoms with Crippen LogP contribution in [0.4, 0.5) is 0 Å². The lowest BCUT2D eigenvalue weighted by Crippen LogP contribution is -2.54. The minimum atomic E-state index is -0.110. The average molecular weight is 325 g/mol. The molecule has 0 radical (unpaired) electrons. The third-order valence-corrected chi connectivity index (χ3v) is 4.61. The second-order valence-electron chi connectivity index (χ2n) is 6.04. The zero-order chi connectivity index (χ0) is 16.4. The molecule has 1 saturated heterocycles. The van der Waals surface area contributed by atoms with Gasteiger partial charge in [0.25, 0.3) is 5.91 Å². The molecule has 2 aromatic heterocycles. The second-order valence-corrected chi connectivity index (χ2v) is 6.04. The minimum absolute atomic E-state index is 0.0138. The van der Waals surface area contributed by atoms with Gasteiger partial charge in [-0.05, 0) is 31.0 Å². The SMILES string of the molecule is O=C(c1cccnc1)N1CCO[C@H]2[C@H](Oc3ccccn3)CC[C@@H]21. The summed E-state index contributed by atoms with van der Waals surface area (Å²) in [4.78, 5) is 23.0. The molecule has 0 unspecified atom stereocenters. The number of nitrogens with zero attached hydrogens (tertiary/aromatic N) is 3. The monoisotopic (exact) mass is 325 g/mol. The molecule has 2 fully saturated rings. The number of carbonyl (C=O) groups is 1. The van der Waals surface area contributed by atoms with E-state index in [-0.39, 0.29) is 24.2 Å². The molecular formula is C18H19N3O3. The number of carbonyl (C=O) groups excluding carboxylic acids is 1. The molecule has 0 bridgehead atoms. The first-order valence-electron chi connectivity index (χ1n) is 8.23. The first-order valence-corrected chi connectivity index (χ1v) is 8.23. The van der Waals surface area contributed by atoms with Crippen LogP contribution in [0.2, 0.25) is 0 Å². The second kappa shape index (κ2) is 6.57. The van der Waals surface area contributed by atoms with Crippen LogP contribution < -0.4 is 4.74 Å². The Morgan fingerprint density at radius 3 is 2.96 bits per heavy atom. The van der Waals surface area contributed by atoms with Gasteiger partial charge in [-0.2, -0.15) is 0 Å². The average Bonchev–Trinajstić information content (AvgIpc) is 3.06. The van der Waals surface area contributed by atoms with Crippen molar-refractivity contribution < 1.29 is 14.3 Å². The summed E-state index contributed by atoms with van der Waals surface area (Å²) in [5.41, 5.74) is 0.618. The van der Waals surface area contributed by atoms with Crippen LogP contribution in [0.5, 0.6) is 5.88 Å². The molecule has 1 aliphatic carbocycles. The van der Waals surface area contributed by atoms with Crippen LogP contribution >= 0.6 is 0 Å². The lowest BCUT2D eigenvalue weighted by molar-refractivity contribution is -0.0793. The summed E-state index contributed by atoms with van der Waals surface area (Å²) in [5, 5.41) is 0. The largest absolute Gasteiger partial charge is 0.471 e. The Hall–Kier alpha value is -2.47. The molecule has 1 aliphatic heterocycles. The molecule has 124 valence electrons. The van der Waals surface area contributed by atoms with E-state index in [0.717, 1.165) is 12.8 Å². The van der Waals surface area contributed by atoms with Crippen molar-refractivity contribution in [1.82, 2.24) is 14.9 Å². The molecule has 4 rings (SSSR count). The molecule has 0 spiro atoms. The van der Waals surface area contributed by atoms with Gasteiger partial charge in [-0.25, -0.2) is 4.98 Å². The third-order valence-electron chi connectivity index (χ3n) is 4.61. The van der Waals surface area contributed by atoms with E-state index < -0.39 is 0 Å². The van der Waals surface area contributed by atoms with Gasteiger partial charge in [-0.15, -0.1) is 0 Å². The molecule has 3 heterocycles. The maximum atomic E-state index is 12.8. The molecular weight excluding hydrogens is 306 g/mol. The van der Waals surface area contributed by atoms with Crippen molar-refractivity contribution >= 4 is 5.91 Å². The minimum Gasteiger partial charge on any atom is -0.471 e. The first kappa shape index (κ1) is 15.1. The highest BCUT2D eigenvalue weighted by Gasteiger charge is 2.45. The van der Waals surface area contributed by atoms with Crippen LogP contribution in [0.25, 0.3) is 0 Å².